The SMILES string of the molecule is COC(CNC(=O)c1ccc(C)c(NS(C)(=O)=O)c1)C(=O)O. The maximum absolute atomic E-state index is 12.0. The fourth-order valence-corrected chi connectivity index (χ4v) is 2.25. The van der Waals surface area contributed by atoms with E-state index in [4.69, 9.17) is 9.84 Å². The van der Waals surface area contributed by atoms with Crippen molar-refractivity contribution >= 4 is 27.6 Å². The van der Waals surface area contributed by atoms with E-state index in [0.717, 1.165) is 6.26 Å². The molecule has 3 N–H and O–H groups in total. The highest BCUT2D eigenvalue weighted by atomic mass is 32.2. The highest BCUT2D eigenvalue weighted by molar-refractivity contribution is 7.92. The lowest BCUT2D eigenvalue weighted by Crippen LogP contribution is -2.37. The Morgan fingerprint density at radius 1 is 1.36 bits per heavy atom. The number of hydrogen-bond acceptors (Lipinski definition) is 5. The number of carbonyl (C=O) groups excluding carboxylic acids is 1. The van der Waals surface area contributed by atoms with Gasteiger partial charge in [-0.3, -0.25) is 9.52 Å². The summed E-state index contributed by atoms with van der Waals surface area (Å²) >= 11 is 0. The molecule has 0 heterocycles. The van der Waals surface area contributed by atoms with Crippen molar-refractivity contribution in [3.63, 3.8) is 0 Å². The number of aryl methyl sites for hydroxylation is 1. The van der Waals surface area contributed by atoms with E-state index in [1.165, 1.54) is 19.2 Å². The van der Waals surface area contributed by atoms with Crippen molar-refractivity contribution in [2.24, 2.45) is 0 Å². The molecule has 1 amide bonds. The topological polar surface area (TPSA) is 122 Å². The van der Waals surface area contributed by atoms with Crippen LogP contribution in [0.15, 0.2) is 18.2 Å². The first-order valence-electron chi connectivity index (χ1n) is 6.26. The average Bonchev–Trinajstić information content (AvgIpc) is 2.39. The third-order valence-electron chi connectivity index (χ3n) is 2.80. The average molecular weight is 330 g/mol. The summed E-state index contributed by atoms with van der Waals surface area (Å²) in [5.41, 5.74) is 1.15. The van der Waals surface area contributed by atoms with Gasteiger partial charge in [-0.25, -0.2) is 13.2 Å². The van der Waals surface area contributed by atoms with Gasteiger partial charge >= 0.3 is 5.97 Å². The number of methoxy groups -OCH3 is 1. The zero-order chi connectivity index (χ0) is 16.9. The van der Waals surface area contributed by atoms with E-state index in [0.29, 0.717) is 5.56 Å². The van der Waals surface area contributed by atoms with Gasteiger partial charge in [-0.15, -0.1) is 0 Å². The van der Waals surface area contributed by atoms with Crippen LogP contribution in [0.4, 0.5) is 5.69 Å². The normalized spacial score (nSPS) is 12.5. The summed E-state index contributed by atoms with van der Waals surface area (Å²) in [6.45, 7) is 1.49. The summed E-state index contributed by atoms with van der Waals surface area (Å²) in [7, 11) is -2.24. The number of benzene rings is 1. The maximum Gasteiger partial charge on any atom is 0.334 e. The molecule has 0 fully saturated rings. The Labute approximate surface area is 128 Å². The van der Waals surface area contributed by atoms with E-state index in [2.05, 4.69) is 10.0 Å². The minimum atomic E-state index is -3.46. The van der Waals surface area contributed by atoms with Gasteiger partial charge in [0.05, 0.1) is 18.5 Å². The van der Waals surface area contributed by atoms with Crippen LogP contribution in [-0.4, -0.2) is 51.4 Å². The molecule has 0 aliphatic heterocycles. The van der Waals surface area contributed by atoms with Crippen LogP contribution in [-0.2, 0) is 19.6 Å². The first-order valence-corrected chi connectivity index (χ1v) is 8.15. The van der Waals surface area contributed by atoms with Gasteiger partial charge in [0.1, 0.15) is 0 Å². The highest BCUT2D eigenvalue weighted by Crippen LogP contribution is 2.18. The van der Waals surface area contributed by atoms with Crippen LogP contribution < -0.4 is 10.0 Å². The molecule has 0 aromatic heterocycles. The second-order valence-electron chi connectivity index (χ2n) is 4.68. The van der Waals surface area contributed by atoms with Gasteiger partial charge in [0.15, 0.2) is 6.10 Å². The maximum atomic E-state index is 12.0. The van der Waals surface area contributed by atoms with E-state index >= 15 is 0 Å². The van der Waals surface area contributed by atoms with Gasteiger partial charge in [-0.2, -0.15) is 0 Å². The van der Waals surface area contributed by atoms with Gasteiger partial charge in [0.25, 0.3) is 5.91 Å². The van der Waals surface area contributed by atoms with Gasteiger partial charge < -0.3 is 15.2 Å². The van der Waals surface area contributed by atoms with E-state index in [1.54, 1.807) is 13.0 Å². The second kappa shape index (κ2) is 7.23. The van der Waals surface area contributed by atoms with Crippen molar-refractivity contribution in [3.05, 3.63) is 29.3 Å². The lowest BCUT2D eigenvalue weighted by Gasteiger charge is -2.13. The fraction of sp³-hybridized carbons (Fsp3) is 0.385. The van der Waals surface area contributed by atoms with Crippen molar-refractivity contribution in [2.45, 2.75) is 13.0 Å². The molecule has 0 saturated carbocycles. The highest BCUT2D eigenvalue weighted by Gasteiger charge is 2.18. The molecule has 122 valence electrons. The number of rotatable bonds is 7. The molecule has 0 aliphatic rings. The summed E-state index contributed by atoms with van der Waals surface area (Å²) in [6, 6.07) is 4.49. The Kier molecular flexibility index (Phi) is 5.89. The summed E-state index contributed by atoms with van der Waals surface area (Å²) < 4.78 is 29.6. The van der Waals surface area contributed by atoms with Crippen LogP contribution in [0.5, 0.6) is 0 Å². The molecule has 1 unspecified atom stereocenters. The minimum Gasteiger partial charge on any atom is -0.479 e. The first kappa shape index (κ1) is 17.9. The number of carbonyl (C=O) groups is 2. The second-order valence-corrected chi connectivity index (χ2v) is 6.42. The van der Waals surface area contributed by atoms with Crippen molar-refractivity contribution in [2.75, 3.05) is 24.6 Å². The van der Waals surface area contributed by atoms with Crippen molar-refractivity contribution in [1.29, 1.82) is 0 Å². The van der Waals surface area contributed by atoms with Crippen LogP contribution in [0.3, 0.4) is 0 Å². The zero-order valence-electron chi connectivity index (χ0n) is 12.4. The molecule has 22 heavy (non-hydrogen) atoms. The Bertz CT molecular complexity index is 671. The van der Waals surface area contributed by atoms with Gasteiger partial charge in [-0.05, 0) is 24.6 Å². The molecule has 1 atom stereocenters. The standard InChI is InChI=1S/C13H18N2O6S/c1-8-4-5-9(6-10(8)15-22(3,19)20)12(16)14-7-11(21-2)13(17)18/h4-6,11,15H,7H2,1-3H3,(H,14,16)(H,17,18). The number of carboxylic acids is 1. The smallest absolute Gasteiger partial charge is 0.334 e. The van der Waals surface area contributed by atoms with Crippen LogP contribution in [0.2, 0.25) is 0 Å². The predicted molar refractivity (Wildman–Crippen MR) is 80.4 cm³/mol. The molecule has 0 bridgehead atoms. The molecule has 0 spiro atoms. The first-order chi connectivity index (χ1) is 10.1. The Balaban J connectivity index is 2.86. The van der Waals surface area contributed by atoms with Gasteiger partial charge in [0, 0.05) is 12.7 Å². The largest absolute Gasteiger partial charge is 0.479 e. The third-order valence-corrected chi connectivity index (χ3v) is 3.39. The van der Waals surface area contributed by atoms with E-state index in [9.17, 15) is 18.0 Å². The monoisotopic (exact) mass is 330 g/mol. The summed E-state index contributed by atoms with van der Waals surface area (Å²) in [4.78, 5) is 22.8. The van der Waals surface area contributed by atoms with Crippen LogP contribution >= 0.6 is 0 Å². The number of anilines is 1. The number of nitrogens with one attached hydrogen (secondary N) is 2. The van der Waals surface area contributed by atoms with E-state index < -0.39 is 28.0 Å². The number of amides is 1. The molecular formula is C13H18N2O6S. The van der Waals surface area contributed by atoms with Gasteiger partial charge in [0.2, 0.25) is 10.0 Å². The minimum absolute atomic E-state index is 0.201. The molecule has 9 heteroatoms. The summed E-state index contributed by atoms with van der Waals surface area (Å²) in [5.74, 6) is -1.72. The Hall–Kier alpha value is -2.13. The van der Waals surface area contributed by atoms with Crippen molar-refractivity contribution in [3.8, 4) is 0 Å². The Morgan fingerprint density at radius 3 is 2.50 bits per heavy atom. The molecule has 0 radical (unpaired) electrons. The summed E-state index contributed by atoms with van der Waals surface area (Å²) in [6.07, 6.45) is -0.141. The number of aliphatic carboxylic acids is 1. The van der Waals surface area contributed by atoms with Crippen LogP contribution in [0.25, 0.3) is 0 Å². The van der Waals surface area contributed by atoms with E-state index in [-0.39, 0.29) is 17.8 Å². The predicted octanol–water partition coefficient (Wildman–Crippen LogP) is 0.196. The lowest BCUT2D eigenvalue weighted by atomic mass is 10.1. The molecule has 0 aliphatic carbocycles. The fourth-order valence-electron chi connectivity index (χ4n) is 1.63. The van der Waals surface area contributed by atoms with Crippen LogP contribution in [0, 0.1) is 6.92 Å². The zero-order valence-corrected chi connectivity index (χ0v) is 13.2. The molecular weight excluding hydrogens is 312 g/mol. The summed E-state index contributed by atoms with van der Waals surface area (Å²) in [5, 5.41) is 11.2. The number of hydrogen-bond donors (Lipinski definition) is 3. The number of sulfonamides is 1. The third kappa shape index (κ3) is 5.34. The molecule has 0 saturated heterocycles. The molecule has 8 nitrogen and oxygen atoms in total. The van der Waals surface area contributed by atoms with Crippen molar-refractivity contribution < 1.29 is 27.9 Å². The van der Waals surface area contributed by atoms with E-state index in [1.807, 2.05) is 0 Å². The molecule has 1 aromatic carbocycles. The van der Waals surface area contributed by atoms with Crippen molar-refractivity contribution in [1.82, 2.24) is 5.32 Å². The van der Waals surface area contributed by atoms with Crippen LogP contribution in [0.1, 0.15) is 15.9 Å². The molecule has 1 rings (SSSR count). The number of carboxylic acid groups (broad SMARTS) is 1. The lowest BCUT2D eigenvalue weighted by molar-refractivity contribution is -0.148. The molecule has 1 aromatic rings. The Morgan fingerprint density at radius 2 is 2.00 bits per heavy atom. The van der Waals surface area contributed by atoms with Gasteiger partial charge in [-0.1, -0.05) is 6.07 Å². The number of ether oxygens (including phenoxy) is 1. The quantitative estimate of drug-likeness (QED) is 0.656.